The van der Waals surface area contributed by atoms with Crippen LogP contribution in [0.5, 0.6) is 0 Å². The van der Waals surface area contributed by atoms with Gasteiger partial charge >= 0.3 is 0 Å². The largest absolute Gasteiger partial charge is 0.260 e. The fourth-order valence-corrected chi connectivity index (χ4v) is 15.9. The van der Waals surface area contributed by atoms with Gasteiger partial charge in [0.2, 0.25) is 22.1 Å². The summed E-state index contributed by atoms with van der Waals surface area (Å²) in [6.45, 7) is 39.7. The fourth-order valence-electron chi connectivity index (χ4n) is 15.9. The average Bonchev–Trinajstić information content (AvgIpc) is 1.62. The van der Waals surface area contributed by atoms with Crippen molar-refractivity contribution < 1.29 is 18.7 Å². The standard InChI is InChI=1S/C33H28N3.C27H32N3.C21H28N3.C18H22N3/c1-23-21-30(34-22-32(23)36-31-20-11-10-17-27(31)24(2)35(36)3)33-28(25-13-6-4-7-14-25)18-12-19-29(33)26-15-8-5-9-16-26;1-17(2)21-12-10-13-22(18(3)4)27(21)24-15-19(5)26(16-28-24)30-25-14-9-8-11-23(25)20(6)29(30)7;1-13(2)18-12-15(5)21(20(22-18)14(3)4)24-19-11-9-8-10-17(19)16(6)23(24)7;1-12(2)16-10-13(3)18(11-19-16)21-17-9-7-6-8-15(17)14(4)20(21)5/h4-22H,1-3H3;8-18H,1-7H3;8-14H,1-7H3;6-12H,1-5H3/q4*+1. The maximum Gasteiger partial charge on any atom is 0.260 e. The second-order valence-corrected chi connectivity index (χ2v) is 31.5. The van der Waals surface area contributed by atoms with Crippen LogP contribution in [0, 0.1) is 55.4 Å². The predicted octanol–water partition coefficient (Wildman–Crippen LogP) is 22.2. The predicted molar refractivity (Wildman–Crippen MR) is 459 cm³/mol. The number of aromatic nitrogens is 12. The quantitative estimate of drug-likeness (QED) is 0.108. The van der Waals surface area contributed by atoms with Crippen LogP contribution in [-0.4, -0.2) is 38.7 Å². The van der Waals surface area contributed by atoms with Gasteiger partial charge in [0, 0.05) is 75.0 Å². The Morgan fingerprint density at radius 2 is 0.613 bits per heavy atom. The Bertz CT molecular complexity index is 6010. The molecule has 0 bridgehead atoms. The number of aryl methyl sites for hydroxylation is 8. The van der Waals surface area contributed by atoms with Gasteiger partial charge in [-0.25, -0.2) is 9.97 Å². The second-order valence-electron chi connectivity index (χ2n) is 31.5. The van der Waals surface area contributed by atoms with E-state index >= 15 is 0 Å². The molecule has 12 nitrogen and oxygen atoms in total. The van der Waals surface area contributed by atoms with Gasteiger partial charge in [-0.05, 0) is 161 Å². The van der Waals surface area contributed by atoms with Gasteiger partial charge in [0.25, 0.3) is 22.7 Å². The van der Waals surface area contributed by atoms with Crippen LogP contribution >= 0.6 is 0 Å². The van der Waals surface area contributed by atoms with Crippen LogP contribution in [0.25, 0.3) is 111 Å². The van der Waals surface area contributed by atoms with Crippen molar-refractivity contribution in [2.24, 2.45) is 28.2 Å². The minimum absolute atomic E-state index is 0.374. The van der Waals surface area contributed by atoms with Crippen LogP contribution in [0.3, 0.4) is 0 Å². The Morgan fingerprint density at radius 3 is 0.973 bits per heavy atom. The van der Waals surface area contributed by atoms with E-state index in [0.717, 1.165) is 39.7 Å². The third-order valence-electron chi connectivity index (χ3n) is 22.5. The molecule has 0 spiro atoms. The molecule has 0 unspecified atom stereocenters. The highest BCUT2D eigenvalue weighted by atomic mass is 15.4. The van der Waals surface area contributed by atoms with E-state index in [9.17, 15) is 0 Å². The number of fused-ring (bicyclic) bond motifs is 4. The molecule has 0 fully saturated rings. The maximum atomic E-state index is 5.08. The summed E-state index contributed by atoms with van der Waals surface area (Å²) >= 11 is 0. The molecule has 8 aromatic carbocycles. The molecular weight excluding hydrogens is 1360 g/mol. The third kappa shape index (κ3) is 14.9. The number of para-hydroxylation sites is 4. The molecular formula is C99H110N12+4. The summed E-state index contributed by atoms with van der Waals surface area (Å²) < 4.78 is 18.0. The molecule has 0 aliphatic carbocycles. The van der Waals surface area contributed by atoms with Gasteiger partial charge in [0.15, 0.2) is 0 Å². The van der Waals surface area contributed by atoms with Crippen LogP contribution in [0.4, 0.5) is 0 Å². The van der Waals surface area contributed by atoms with Gasteiger partial charge < -0.3 is 0 Å². The van der Waals surface area contributed by atoms with Gasteiger partial charge in [-0.1, -0.05) is 234 Å². The average molecular weight is 1470 g/mol. The molecule has 111 heavy (non-hydrogen) atoms. The first-order chi connectivity index (χ1) is 53.3. The molecule has 16 rings (SSSR count). The van der Waals surface area contributed by atoms with E-state index in [2.05, 4.69) is 414 Å². The van der Waals surface area contributed by atoms with Gasteiger partial charge in [0.1, 0.15) is 24.3 Å². The molecule has 0 saturated carbocycles. The van der Waals surface area contributed by atoms with Gasteiger partial charge in [-0.15, -0.1) is 0 Å². The zero-order chi connectivity index (χ0) is 79.0. The summed E-state index contributed by atoms with van der Waals surface area (Å²) in [5, 5.41) is 5.11. The van der Waals surface area contributed by atoms with Crippen molar-refractivity contribution in [3.8, 4) is 67.5 Å². The summed E-state index contributed by atoms with van der Waals surface area (Å²) in [5.41, 5.74) is 34.9. The molecule has 0 aliphatic heterocycles. The maximum absolute atomic E-state index is 5.08. The molecule has 0 saturated heterocycles. The molecule has 0 radical (unpaired) electrons. The third-order valence-corrected chi connectivity index (χ3v) is 22.5. The first-order valence-corrected chi connectivity index (χ1v) is 39.4. The van der Waals surface area contributed by atoms with Crippen molar-refractivity contribution in [1.82, 2.24) is 38.7 Å². The highest BCUT2D eigenvalue weighted by Gasteiger charge is 2.32. The minimum atomic E-state index is 0.374. The zero-order valence-corrected chi connectivity index (χ0v) is 69.3. The molecule has 8 aromatic heterocycles. The van der Waals surface area contributed by atoms with Gasteiger partial charge in [0.05, 0.1) is 83.9 Å². The van der Waals surface area contributed by atoms with Crippen molar-refractivity contribution in [3.63, 3.8) is 0 Å². The van der Waals surface area contributed by atoms with E-state index in [1.807, 2.05) is 18.6 Å². The number of hydrogen-bond donors (Lipinski definition) is 0. The monoisotopic (exact) mass is 1470 g/mol. The first-order valence-electron chi connectivity index (χ1n) is 39.4. The number of rotatable bonds is 13. The van der Waals surface area contributed by atoms with Gasteiger partial charge in [-0.2, -0.15) is 18.7 Å². The van der Waals surface area contributed by atoms with E-state index in [4.69, 9.17) is 15.0 Å². The second kappa shape index (κ2) is 32.4. The fraction of sp³-hybridized carbons (Fsp3) is 0.273. The topological polar surface area (TPSA) is 86.8 Å². The molecule has 562 valence electrons. The first kappa shape index (κ1) is 77.4. The molecule has 0 aliphatic rings. The molecule has 0 amide bonds. The Kier molecular flexibility index (Phi) is 22.6. The number of pyridine rings is 4. The van der Waals surface area contributed by atoms with Crippen molar-refractivity contribution >= 4 is 43.6 Å². The van der Waals surface area contributed by atoms with Crippen LogP contribution < -0.4 is 18.7 Å². The lowest BCUT2D eigenvalue weighted by molar-refractivity contribution is -0.659. The van der Waals surface area contributed by atoms with Crippen LogP contribution in [-0.2, 0) is 28.2 Å². The lowest BCUT2D eigenvalue weighted by atomic mass is 9.86. The normalized spacial score (nSPS) is 11.6. The lowest BCUT2D eigenvalue weighted by Crippen LogP contribution is -2.42. The molecule has 0 atom stereocenters. The van der Waals surface area contributed by atoms with E-state index < -0.39 is 0 Å². The van der Waals surface area contributed by atoms with E-state index in [1.165, 1.54) is 145 Å². The summed E-state index contributed by atoms with van der Waals surface area (Å²) in [7, 11) is 8.47. The molecule has 8 heterocycles. The van der Waals surface area contributed by atoms with E-state index in [-0.39, 0.29) is 0 Å². The Labute approximate surface area is 657 Å². The summed E-state index contributed by atoms with van der Waals surface area (Å²) in [5.74, 6) is 2.17. The van der Waals surface area contributed by atoms with Crippen molar-refractivity contribution in [1.29, 1.82) is 0 Å². The highest BCUT2D eigenvalue weighted by Crippen LogP contribution is 2.41. The number of benzene rings is 8. The smallest absolute Gasteiger partial charge is 0.254 e. The molecule has 12 heteroatoms. The van der Waals surface area contributed by atoms with Gasteiger partial charge in [-0.3, -0.25) is 9.97 Å². The summed E-state index contributed by atoms with van der Waals surface area (Å²) in [6, 6.07) is 77.6. The molecule has 16 aromatic rings. The summed E-state index contributed by atoms with van der Waals surface area (Å²) in [4.78, 5) is 19.7. The highest BCUT2D eigenvalue weighted by molar-refractivity contribution is 5.94. The number of hydrogen-bond acceptors (Lipinski definition) is 4. The Balaban J connectivity index is 0.000000133. The van der Waals surface area contributed by atoms with Crippen molar-refractivity contribution in [2.45, 2.75) is 154 Å². The zero-order valence-electron chi connectivity index (χ0n) is 69.3. The lowest BCUT2D eigenvalue weighted by Gasteiger charge is -2.19. The SMILES string of the molecule is Cc1cc(-c2c(-c3ccccc3)cccc2-c2ccccc2)ncc1-[n+]1c2ccccc2c(C)n1C.Cc1cc(-c2c(C(C)C)cccc2C(C)C)ncc1-[n+]1c2ccccc2c(C)n1C.Cc1cc(C(C)C)nc(C(C)C)c1-[n+]1c2ccccc2c(C)n1C.Cc1cc(C(C)C)ncc1-[n+]1c2ccccc2c(C)n1C. The summed E-state index contributed by atoms with van der Waals surface area (Å²) in [6.07, 6.45) is 6.06. The van der Waals surface area contributed by atoms with E-state index in [1.54, 1.807) is 0 Å². The van der Waals surface area contributed by atoms with Crippen LogP contribution in [0.1, 0.15) is 172 Å². The Hall–Kier alpha value is -11.8. The van der Waals surface area contributed by atoms with Crippen LogP contribution in [0.15, 0.2) is 237 Å². The minimum Gasteiger partial charge on any atom is -0.254 e. The van der Waals surface area contributed by atoms with Crippen molar-refractivity contribution in [2.75, 3.05) is 0 Å². The van der Waals surface area contributed by atoms with Crippen molar-refractivity contribution in [3.05, 3.63) is 310 Å². The van der Waals surface area contributed by atoms with Crippen LogP contribution in [0.2, 0.25) is 0 Å². The molecule has 0 N–H and O–H groups in total. The van der Waals surface area contributed by atoms with E-state index in [0.29, 0.717) is 29.6 Å². The Morgan fingerprint density at radius 1 is 0.288 bits per heavy atom. The number of nitrogens with zero attached hydrogens (tertiary/aromatic N) is 12.